The third-order valence-electron chi connectivity index (χ3n) is 0.953. The number of esters is 1. The minimum Gasteiger partial charge on any atom is -0.494 e. The van der Waals surface area contributed by atoms with E-state index >= 15 is 0 Å². The number of nitrogens with zero attached hydrogens (tertiary/aromatic N) is 1. The Labute approximate surface area is 68.9 Å². The molecule has 0 N–H and O–H groups in total. The van der Waals surface area contributed by atoms with Crippen molar-refractivity contribution in [3.05, 3.63) is 22.1 Å². The van der Waals surface area contributed by atoms with Crippen LogP contribution in [0.5, 0.6) is 0 Å². The van der Waals surface area contributed by atoms with Crippen LogP contribution in [-0.2, 0) is 14.3 Å². The minimum absolute atomic E-state index is 0.258. The highest BCUT2D eigenvalue weighted by atomic mass is 16.6. The van der Waals surface area contributed by atoms with Crippen molar-refractivity contribution in [2.24, 2.45) is 0 Å². The fourth-order valence-corrected chi connectivity index (χ4v) is 0.433. The van der Waals surface area contributed by atoms with Crippen LogP contribution >= 0.6 is 0 Å². The van der Waals surface area contributed by atoms with Gasteiger partial charge in [-0.25, -0.2) is 4.79 Å². The molecule has 0 saturated carbocycles. The van der Waals surface area contributed by atoms with Crippen LogP contribution in [0.2, 0.25) is 0 Å². The molecule has 0 aromatic heterocycles. The third-order valence-corrected chi connectivity index (χ3v) is 0.953. The molecule has 0 unspecified atom stereocenters. The van der Waals surface area contributed by atoms with Crippen molar-refractivity contribution in [2.45, 2.75) is 6.92 Å². The van der Waals surface area contributed by atoms with Gasteiger partial charge in [-0.3, -0.25) is 10.1 Å². The van der Waals surface area contributed by atoms with E-state index in [-0.39, 0.29) is 6.61 Å². The summed E-state index contributed by atoms with van der Waals surface area (Å²) in [4.78, 5) is 19.9. The van der Waals surface area contributed by atoms with E-state index in [9.17, 15) is 14.9 Å². The van der Waals surface area contributed by atoms with Crippen LogP contribution in [0.1, 0.15) is 6.92 Å². The van der Waals surface area contributed by atoms with Crippen LogP contribution in [0.3, 0.4) is 0 Å². The summed E-state index contributed by atoms with van der Waals surface area (Å²) in [5.74, 6) is -1.02. The Kier molecular flexibility index (Phi) is 4.43. The van der Waals surface area contributed by atoms with Crippen molar-refractivity contribution in [2.75, 3.05) is 13.7 Å². The molecule has 0 aromatic carbocycles. The number of nitro groups is 1. The fraction of sp³-hybridized carbons (Fsp3) is 0.500. The first-order valence-electron chi connectivity index (χ1n) is 3.18. The van der Waals surface area contributed by atoms with Crippen molar-refractivity contribution in [3.8, 4) is 0 Å². The molecule has 0 amide bonds. The van der Waals surface area contributed by atoms with Gasteiger partial charge in [0.2, 0.25) is 0 Å². The first-order valence-corrected chi connectivity index (χ1v) is 3.18. The van der Waals surface area contributed by atoms with Gasteiger partial charge in [-0.2, -0.15) is 0 Å². The number of carbonyl (C=O) groups excluding carboxylic acids is 1. The molecule has 0 fully saturated rings. The maximum Gasteiger partial charge on any atom is 0.413 e. The second kappa shape index (κ2) is 5.11. The monoisotopic (exact) mass is 175 g/mol. The molecule has 0 saturated heterocycles. The molecule has 6 nitrogen and oxygen atoms in total. The molecular formula is C6H9NO5. The number of rotatable bonds is 4. The van der Waals surface area contributed by atoms with Gasteiger partial charge < -0.3 is 9.47 Å². The number of methoxy groups -OCH3 is 1. The zero-order valence-corrected chi connectivity index (χ0v) is 6.77. The molecule has 0 heterocycles. The lowest BCUT2D eigenvalue weighted by molar-refractivity contribution is -0.422. The van der Waals surface area contributed by atoms with Gasteiger partial charge in [-0.15, -0.1) is 0 Å². The predicted octanol–water partition coefficient (Wildman–Crippen LogP) is 0.314. The molecule has 0 rings (SSSR count). The lowest BCUT2D eigenvalue weighted by Crippen LogP contribution is -2.13. The summed E-state index contributed by atoms with van der Waals surface area (Å²) in [5, 5.41) is 10.2. The SMILES string of the molecule is CCOC=C(C(=O)OC)[N+](=O)[O-]. The zero-order valence-electron chi connectivity index (χ0n) is 6.77. The summed E-state index contributed by atoms with van der Waals surface area (Å²) in [6.45, 7) is 1.90. The number of carbonyl (C=O) groups is 1. The fourth-order valence-electron chi connectivity index (χ4n) is 0.433. The van der Waals surface area contributed by atoms with Crippen LogP contribution in [0.15, 0.2) is 12.0 Å². The molecule has 0 radical (unpaired) electrons. The van der Waals surface area contributed by atoms with E-state index in [2.05, 4.69) is 9.47 Å². The average molecular weight is 175 g/mol. The highest BCUT2D eigenvalue weighted by Crippen LogP contribution is 1.98. The summed E-state index contributed by atoms with van der Waals surface area (Å²) in [6, 6.07) is 0. The molecule has 6 heteroatoms. The highest BCUT2D eigenvalue weighted by molar-refractivity contribution is 5.85. The van der Waals surface area contributed by atoms with E-state index in [4.69, 9.17) is 0 Å². The minimum atomic E-state index is -1.02. The van der Waals surface area contributed by atoms with Crippen LogP contribution < -0.4 is 0 Å². The quantitative estimate of drug-likeness (QED) is 0.202. The van der Waals surface area contributed by atoms with Crippen molar-refractivity contribution < 1.29 is 19.2 Å². The Morgan fingerprint density at radius 3 is 2.58 bits per heavy atom. The van der Waals surface area contributed by atoms with Gasteiger partial charge in [0.25, 0.3) is 0 Å². The van der Waals surface area contributed by atoms with Crippen LogP contribution in [-0.4, -0.2) is 24.6 Å². The first kappa shape index (κ1) is 10.4. The molecule has 68 valence electrons. The van der Waals surface area contributed by atoms with Gasteiger partial charge in [0.1, 0.15) is 0 Å². The lowest BCUT2D eigenvalue weighted by Gasteiger charge is -1.96. The summed E-state index contributed by atoms with van der Waals surface area (Å²) in [6.07, 6.45) is 0.770. The Balaban J connectivity index is 4.43. The molecule has 0 spiro atoms. The van der Waals surface area contributed by atoms with Gasteiger partial charge >= 0.3 is 11.7 Å². The molecular weight excluding hydrogens is 166 g/mol. The topological polar surface area (TPSA) is 78.7 Å². The Morgan fingerprint density at radius 1 is 1.67 bits per heavy atom. The smallest absolute Gasteiger partial charge is 0.413 e. The summed E-state index contributed by atoms with van der Waals surface area (Å²) in [5.41, 5.74) is -0.709. The normalized spacial score (nSPS) is 10.7. The Morgan fingerprint density at radius 2 is 2.25 bits per heavy atom. The van der Waals surface area contributed by atoms with Crippen molar-refractivity contribution >= 4 is 5.97 Å². The molecule has 0 aliphatic heterocycles. The predicted molar refractivity (Wildman–Crippen MR) is 38.7 cm³/mol. The molecule has 0 aliphatic carbocycles. The average Bonchev–Trinajstić information content (AvgIpc) is 2.04. The lowest BCUT2D eigenvalue weighted by atomic mass is 10.5. The molecule has 0 bridgehead atoms. The maximum absolute atomic E-state index is 10.6. The summed E-state index contributed by atoms with van der Waals surface area (Å²) in [7, 11) is 1.06. The van der Waals surface area contributed by atoms with E-state index in [0.29, 0.717) is 0 Å². The van der Waals surface area contributed by atoms with Gasteiger partial charge in [-0.1, -0.05) is 0 Å². The van der Waals surface area contributed by atoms with Crippen molar-refractivity contribution in [1.82, 2.24) is 0 Å². The Hall–Kier alpha value is -1.59. The van der Waals surface area contributed by atoms with Gasteiger partial charge in [0.05, 0.1) is 18.6 Å². The van der Waals surface area contributed by atoms with Crippen LogP contribution in [0.25, 0.3) is 0 Å². The number of hydrogen-bond donors (Lipinski definition) is 0. The summed E-state index contributed by atoms with van der Waals surface area (Å²) >= 11 is 0. The first-order chi connectivity index (χ1) is 5.63. The van der Waals surface area contributed by atoms with Gasteiger partial charge in [0, 0.05) is 0 Å². The zero-order chi connectivity index (χ0) is 9.56. The van der Waals surface area contributed by atoms with E-state index < -0.39 is 16.6 Å². The summed E-state index contributed by atoms with van der Waals surface area (Å²) < 4.78 is 8.72. The van der Waals surface area contributed by atoms with Gasteiger partial charge in [0.15, 0.2) is 6.26 Å². The maximum atomic E-state index is 10.6. The second-order valence-corrected chi connectivity index (χ2v) is 1.71. The largest absolute Gasteiger partial charge is 0.494 e. The Bertz CT molecular complexity index is 210. The molecule has 0 aromatic rings. The molecule has 0 atom stereocenters. The van der Waals surface area contributed by atoms with E-state index in [0.717, 1.165) is 13.4 Å². The molecule has 0 aliphatic rings. The molecule has 12 heavy (non-hydrogen) atoms. The van der Waals surface area contributed by atoms with E-state index in [1.807, 2.05) is 0 Å². The number of ether oxygens (including phenoxy) is 2. The standard InChI is InChI=1S/C6H9NO5/c1-3-12-4-5(7(9)10)6(8)11-2/h4H,3H2,1-2H3. The van der Waals surface area contributed by atoms with Crippen LogP contribution in [0, 0.1) is 10.1 Å². The highest BCUT2D eigenvalue weighted by Gasteiger charge is 2.22. The van der Waals surface area contributed by atoms with E-state index in [1.54, 1.807) is 6.92 Å². The van der Waals surface area contributed by atoms with Gasteiger partial charge in [-0.05, 0) is 6.92 Å². The number of hydrogen-bond acceptors (Lipinski definition) is 5. The van der Waals surface area contributed by atoms with Crippen LogP contribution in [0.4, 0.5) is 0 Å². The van der Waals surface area contributed by atoms with E-state index in [1.165, 1.54) is 0 Å². The second-order valence-electron chi connectivity index (χ2n) is 1.71. The third kappa shape index (κ3) is 3.00. The van der Waals surface area contributed by atoms with Crippen molar-refractivity contribution in [3.63, 3.8) is 0 Å². The van der Waals surface area contributed by atoms with Crippen molar-refractivity contribution in [1.29, 1.82) is 0 Å².